The minimum absolute atomic E-state index is 0.255. The maximum Gasteiger partial charge on any atom is 0.310 e. The van der Waals surface area contributed by atoms with Crippen LogP contribution in [-0.4, -0.2) is 22.6 Å². The van der Waals surface area contributed by atoms with E-state index in [9.17, 15) is 14.4 Å². The van der Waals surface area contributed by atoms with E-state index in [0.29, 0.717) is 6.42 Å². The molecule has 0 saturated carbocycles. The van der Waals surface area contributed by atoms with Crippen molar-refractivity contribution < 1.29 is 19.5 Å². The average Bonchev–Trinajstić information content (AvgIpc) is 1.85. The second kappa shape index (κ2) is 7.91. The first-order chi connectivity index (χ1) is 5.40. The van der Waals surface area contributed by atoms with Gasteiger partial charge in [-0.1, -0.05) is 6.92 Å². The van der Waals surface area contributed by atoms with Crippen LogP contribution in [0, 0.1) is 0 Å². The Balaban J connectivity index is 0. The van der Waals surface area contributed by atoms with Crippen molar-refractivity contribution >= 4 is 17.5 Å². The Morgan fingerprint density at radius 2 is 1.42 bits per heavy atom. The number of Topliss-reactive ketones (excluding diaryl/α,β-unsaturated/α-hetero) is 2. The van der Waals surface area contributed by atoms with Crippen LogP contribution in [0.1, 0.15) is 33.6 Å². The Morgan fingerprint density at radius 3 is 1.42 bits per heavy atom. The molecule has 0 heterocycles. The molecule has 0 aromatic heterocycles. The Bertz CT molecular complexity index is 160. The van der Waals surface area contributed by atoms with E-state index in [1.54, 1.807) is 6.92 Å². The Labute approximate surface area is 71.6 Å². The van der Waals surface area contributed by atoms with Crippen LogP contribution in [0.2, 0.25) is 0 Å². The number of hydrogen-bond acceptors (Lipinski definition) is 3. The predicted molar refractivity (Wildman–Crippen MR) is 43.9 cm³/mol. The second-order valence-electron chi connectivity index (χ2n) is 2.33. The number of carboxylic acids is 1. The molecular weight excluding hydrogens is 160 g/mol. The molecule has 0 rings (SSSR count). The van der Waals surface area contributed by atoms with Gasteiger partial charge in [0.05, 0.1) is 0 Å². The average molecular weight is 174 g/mol. The van der Waals surface area contributed by atoms with Crippen LogP contribution in [0.25, 0.3) is 0 Å². The van der Waals surface area contributed by atoms with E-state index in [1.165, 1.54) is 6.92 Å². The molecule has 0 fully saturated rings. The largest absolute Gasteiger partial charge is 0.481 e. The number of carboxylic acid groups (broad SMARTS) is 1. The van der Waals surface area contributed by atoms with Crippen LogP contribution in [0.5, 0.6) is 0 Å². The monoisotopic (exact) mass is 174 g/mol. The number of carbonyl (C=O) groups excluding carboxylic acids is 2. The van der Waals surface area contributed by atoms with E-state index in [4.69, 9.17) is 5.11 Å². The number of carbonyl (C=O) groups is 3. The molecule has 0 amide bonds. The summed E-state index contributed by atoms with van der Waals surface area (Å²) in [6.45, 7) is 4.68. The van der Waals surface area contributed by atoms with Crippen molar-refractivity contribution in [3.05, 3.63) is 0 Å². The summed E-state index contributed by atoms with van der Waals surface area (Å²) in [5.74, 6) is -1.12. The van der Waals surface area contributed by atoms with Crippen LogP contribution < -0.4 is 0 Å². The van der Waals surface area contributed by atoms with Crippen molar-refractivity contribution in [2.45, 2.75) is 33.6 Å². The smallest absolute Gasteiger partial charge is 0.310 e. The predicted octanol–water partition coefficient (Wildman–Crippen LogP) is 1.04. The minimum Gasteiger partial charge on any atom is -0.481 e. The van der Waals surface area contributed by atoms with E-state index in [-0.39, 0.29) is 18.0 Å². The first-order valence-corrected chi connectivity index (χ1v) is 3.60. The highest BCUT2D eigenvalue weighted by atomic mass is 16.4. The maximum absolute atomic E-state index is 9.87. The molecule has 4 heteroatoms. The molecule has 0 aromatic rings. The SMILES string of the molecule is CC(=O)CC(=O)O.CCC(C)=O. The summed E-state index contributed by atoms with van der Waals surface area (Å²) in [6, 6.07) is 0. The van der Waals surface area contributed by atoms with Gasteiger partial charge in [-0.25, -0.2) is 0 Å². The molecule has 0 aromatic carbocycles. The summed E-state index contributed by atoms with van der Waals surface area (Å²) in [6.07, 6.45) is 0.306. The molecule has 0 atom stereocenters. The zero-order valence-electron chi connectivity index (χ0n) is 7.59. The van der Waals surface area contributed by atoms with Crippen molar-refractivity contribution in [2.24, 2.45) is 0 Å². The van der Waals surface area contributed by atoms with Crippen LogP contribution in [0.15, 0.2) is 0 Å². The standard InChI is InChI=1S/C4H6O3.C4H8O/c1-3(5)2-4(6)7;1-3-4(2)5/h2H2,1H3,(H,6,7);3H2,1-2H3. The molecule has 0 unspecified atom stereocenters. The lowest BCUT2D eigenvalue weighted by Crippen LogP contribution is -2.00. The van der Waals surface area contributed by atoms with Crippen molar-refractivity contribution in [1.29, 1.82) is 0 Å². The van der Waals surface area contributed by atoms with Crippen molar-refractivity contribution in [2.75, 3.05) is 0 Å². The summed E-state index contributed by atoms with van der Waals surface area (Å²) in [5.41, 5.74) is 0. The lowest BCUT2D eigenvalue weighted by Gasteiger charge is -1.80. The first-order valence-electron chi connectivity index (χ1n) is 3.60. The van der Waals surface area contributed by atoms with Gasteiger partial charge in [-0.3, -0.25) is 9.59 Å². The van der Waals surface area contributed by atoms with Crippen molar-refractivity contribution in [3.8, 4) is 0 Å². The topological polar surface area (TPSA) is 71.4 Å². The molecule has 0 aliphatic carbocycles. The molecule has 12 heavy (non-hydrogen) atoms. The van der Waals surface area contributed by atoms with Gasteiger partial charge in [0.1, 0.15) is 18.0 Å². The van der Waals surface area contributed by atoms with Crippen molar-refractivity contribution in [3.63, 3.8) is 0 Å². The fourth-order valence-electron chi connectivity index (χ4n) is 0.213. The molecule has 0 radical (unpaired) electrons. The summed E-state index contributed by atoms with van der Waals surface area (Å²) >= 11 is 0. The lowest BCUT2D eigenvalue weighted by atomic mass is 10.3. The third-order valence-corrected chi connectivity index (χ3v) is 0.898. The van der Waals surface area contributed by atoms with Gasteiger partial charge in [-0.05, 0) is 13.8 Å². The third-order valence-electron chi connectivity index (χ3n) is 0.898. The maximum atomic E-state index is 9.87. The number of ketones is 2. The van der Waals surface area contributed by atoms with Crippen molar-refractivity contribution in [1.82, 2.24) is 0 Å². The third kappa shape index (κ3) is 23.2. The van der Waals surface area contributed by atoms with Gasteiger partial charge in [0.25, 0.3) is 0 Å². The zero-order chi connectivity index (χ0) is 10.1. The van der Waals surface area contributed by atoms with Gasteiger partial charge in [-0.2, -0.15) is 0 Å². The highest BCUT2D eigenvalue weighted by Gasteiger charge is 1.98. The van der Waals surface area contributed by atoms with Crippen LogP contribution >= 0.6 is 0 Å². The minimum atomic E-state index is -1.06. The van der Waals surface area contributed by atoms with Gasteiger partial charge in [-0.15, -0.1) is 0 Å². The molecule has 0 aliphatic heterocycles. The van der Waals surface area contributed by atoms with E-state index in [2.05, 4.69) is 0 Å². The lowest BCUT2D eigenvalue weighted by molar-refractivity contribution is -0.139. The zero-order valence-corrected chi connectivity index (χ0v) is 7.59. The summed E-state index contributed by atoms with van der Waals surface area (Å²) in [4.78, 5) is 29.3. The van der Waals surface area contributed by atoms with Gasteiger partial charge in [0.2, 0.25) is 0 Å². The van der Waals surface area contributed by atoms with Crippen LogP contribution in [-0.2, 0) is 14.4 Å². The molecule has 4 nitrogen and oxygen atoms in total. The first kappa shape index (κ1) is 13.4. The highest BCUT2D eigenvalue weighted by molar-refractivity contribution is 5.93. The molecule has 0 spiro atoms. The van der Waals surface area contributed by atoms with E-state index in [0.717, 1.165) is 0 Å². The summed E-state index contributed by atoms with van der Waals surface area (Å²) < 4.78 is 0. The van der Waals surface area contributed by atoms with Gasteiger partial charge < -0.3 is 9.90 Å². The summed E-state index contributed by atoms with van der Waals surface area (Å²) in [5, 5.41) is 7.86. The van der Waals surface area contributed by atoms with Gasteiger partial charge >= 0.3 is 5.97 Å². The molecule has 1 N–H and O–H groups in total. The van der Waals surface area contributed by atoms with E-state index >= 15 is 0 Å². The van der Waals surface area contributed by atoms with Crippen LogP contribution in [0.4, 0.5) is 0 Å². The van der Waals surface area contributed by atoms with E-state index < -0.39 is 5.97 Å². The number of hydrogen-bond donors (Lipinski definition) is 1. The number of rotatable bonds is 3. The Hall–Kier alpha value is -1.19. The fraction of sp³-hybridized carbons (Fsp3) is 0.625. The Kier molecular flexibility index (Phi) is 8.84. The molecule has 0 aliphatic rings. The normalized spacial score (nSPS) is 7.92. The number of aliphatic carboxylic acids is 1. The highest BCUT2D eigenvalue weighted by Crippen LogP contribution is 1.77. The van der Waals surface area contributed by atoms with E-state index in [1.807, 2.05) is 6.92 Å². The van der Waals surface area contributed by atoms with Gasteiger partial charge in [0, 0.05) is 6.42 Å². The van der Waals surface area contributed by atoms with Crippen LogP contribution in [0.3, 0.4) is 0 Å². The fourth-order valence-corrected chi connectivity index (χ4v) is 0.213. The molecule has 0 bridgehead atoms. The summed E-state index contributed by atoms with van der Waals surface area (Å²) in [7, 11) is 0. The second-order valence-corrected chi connectivity index (χ2v) is 2.33. The van der Waals surface area contributed by atoms with Gasteiger partial charge in [0.15, 0.2) is 0 Å². The molecule has 0 saturated heterocycles. The molecule has 70 valence electrons. The molecular formula is C8H14O4. The quantitative estimate of drug-likeness (QED) is 0.649. The Morgan fingerprint density at radius 1 is 1.08 bits per heavy atom.